The van der Waals surface area contributed by atoms with E-state index in [-0.39, 0.29) is 11.3 Å². The number of nitrogens with one attached hydrogen (secondary N) is 1. The molecule has 1 heterocycles. The Morgan fingerprint density at radius 1 is 1.38 bits per heavy atom. The zero-order valence-electron chi connectivity index (χ0n) is 14.0. The maximum Gasteiger partial charge on any atom is 0.274 e. The van der Waals surface area contributed by atoms with Crippen LogP contribution < -0.4 is 5.48 Å². The Morgan fingerprint density at radius 3 is 2.96 bits per heavy atom. The van der Waals surface area contributed by atoms with E-state index in [1.165, 1.54) is 5.56 Å². The second-order valence-corrected chi connectivity index (χ2v) is 6.94. The molecule has 2 amide bonds. The lowest BCUT2D eigenvalue weighted by Crippen LogP contribution is -2.34. The first-order valence-corrected chi connectivity index (χ1v) is 8.40. The minimum atomic E-state index is -0.499. The van der Waals surface area contributed by atoms with Crippen molar-refractivity contribution >= 4 is 11.8 Å². The van der Waals surface area contributed by atoms with Crippen LogP contribution in [-0.4, -0.2) is 48.7 Å². The van der Waals surface area contributed by atoms with E-state index in [9.17, 15) is 9.59 Å². The lowest BCUT2D eigenvalue weighted by atomic mass is 9.70. The van der Waals surface area contributed by atoms with Crippen molar-refractivity contribution in [3.8, 4) is 0 Å². The molecule has 2 N–H and O–H groups in total. The third kappa shape index (κ3) is 3.30. The van der Waals surface area contributed by atoms with E-state index in [0.717, 1.165) is 44.3 Å². The van der Waals surface area contributed by atoms with E-state index < -0.39 is 5.91 Å². The Bertz CT molecular complexity index is 646. The third-order valence-corrected chi connectivity index (χ3v) is 5.24. The summed E-state index contributed by atoms with van der Waals surface area (Å²) in [6, 6.07) is 5.54. The predicted octanol–water partition coefficient (Wildman–Crippen LogP) is 1.55. The molecule has 1 unspecified atom stereocenters. The van der Waals surface area contributed by atoms with Crippen LogP contribution in [0.3, 0.4) is 0 Å². The molecule has 1 saturated heterocycles. The highest BCUT2D eigenvalue weighted by molar-refractivity contribution is 5.93. The molecule has 1 spiro atoms. The smallest absolute Gasteiger partial charge is 0.274 e. The van der Waals surface area contributed by atoms with Gasteiger partial charge in [-0.25, -0.2) is 5.48 Å². The molecule has 1 aliphatic carbocycles. The van der Waals surface area contributed by atoms with Crippen LogP contribution >= 0.6 is 0 Å². The van der Waals surface area contributed by atoms with Crippen molar-refractivity contribution in [3.63, 3.8) is 0 Å². The molecule has 130 valence electrons. The van der Waals surface area contributed by atoms with E-state index in [1.807, 2.05) is 17.0 Å². The summed E-state index contributed by atoms with van der Waals surface area (Å²) >= 11 is 0. The Kier molecular flexibility index (Phi) is 4.87. The van der Waals surface area contributed by atoms with Gasteiger partial charge in [-0.1, -0.05) is 6.07 Å². The zero-order valence-corrected chi connectivity index (χ0v) is 14.0. The zero-order chi connectivity index (χ0) is 17.2. The van der Waals surface area contributed by atoms with Crippen molar-refractivity contribution in [1.82, 2.24) is 10.4 Å². The summed E-state index contributed by atoms with van der Waals surface area (Å²) in [6.07, 6.45) is 4.17. The van der Waals surface area contributed by atoms with Gasteiger partial charge < -0.3 is 9.64 Å². The van der Waals surface area contributed by atoms with Gasteiger partial charge in [0.25, 0.3) is 5.91 Å². The van der Waals surface area contributed by atoms with Crippen LogP contribution in [0.25, 0.3) is 0 Å². The van der Waals surface area contributed by atoms with Gasteiger partial charge in [-0.3, -0.25) is 14.8 Å². The lowest BCUT2D eigenvalue weighted by molar-refractivity contribution is -0.127. The summed E-state index contributed by atoms with van der Waals surface area (Å²) in [6.45, 7) is 2.19. The average molecular weight is 332 g/mol. The second-order valence-electron chi connectivity index (χ2n) is 6.94. The molecule has 6 heteroatoms. The van der Waals surface area contributed by atoms with Crippen LogP contribution in [0, 0.1) is 5.41 Å². The monoisotopic (exact) mass is 332 g/mol. The number of nitrogens with zero attached hydrogens (tertiary/aromatic N) is 1. The highest BCUT2D eigenvalue weighted by Gasteiger charge is 2.44. The number of benzene rings is 1. The topological polar surface area (TPSA) is 78.9 Å². The van der Waals surface area contributed by atoms with Gasteiger partial charge in [0.15, 0.2) is 0 Å². The quantitative estimate of drug-likeness (QED) is 0.487. The molecule has 1 aromatic rings. The number of amides is 2. The maximum absolute atomic E-state index is 12.4. The molecular formula is C18H24N2O4. The predicted molar refractivity (Wildman–Crippen MR) is 87.8 cm³/mol. The molecule has 6 nitrogen and oxygen atoms in total. The second kappa shape index (κ2) is 6.91. The number of hydrogen-bond donors (Lipinski definition) is 2. The number of likely N-dealkylation sites (tertiary alicyclic amines) is 1. The molecule has 1 fully saturated rings. The molecule has 2 aliphatic rings. The van der Waals surface area contributed by atoms with Crippen LogP contribution in [0.4, 0.5) is 0 Å². The van der Waals surface area contributed by atoms with Gasteiger partial charge in [-0.15, -0.1) is 0 Å². The molecule has 1 atom stereocenters. The van der Waals surface area contributed by atoms with E-state index in [4.69, 9.17) is 9.94 Å². The molecule has 0 aromatic heterocycles. The summed E-state index contributed by atoms with van der Waals surface area (Å²) in [5.41, 5.74) is 4.47. The Hall–Kier alpha value is -1.92. The van der Waals surface area contributed by atoms with Gasteiger partial charge in [-0.2, -0.15) is 0 Å². The van der Waals surface area contributed by atoms with Crippen LogP contribution in [0.2, 0.25) is 0 Å². The number of rotatable bonds is 5. The van der Waals surface area contributed by atoms with Crippen molar-refractivity contribution in [2.24, 2.45) is 5.41 Å². The fourth-order valence-electron chi connectivity index (χ4n) is 4.00. The Balaban J connectivity index is 1.74. The highest BCUT2D eigenvalue weighted by atomic mass is 16.5. The Labute approximate surface area is 141 Å². The number of methoxy groups -OCH3 is 1. The van der Waals surface area contributed by atoms with Crippen molar-refractivity contribution in [3.05, 3.63) is 34.9 Å². The van der Waals surface area contributed by atoms with E-state index in [2.05, 4.69) is 0 Å². The minimum Gasteiger partial charge on any atom is -0.385 e. The fraction of sp³-hybridized carbons (Fsp3) is 0.556. The van der Waals surface area contributed by atoms with Crippen LogP contribution in [0.5, 0.6) is 0 Å². The number of carbonyl (C=O) groups is 2. The number of fused-ring (bicyclic) bond motifs is 1. The van der Waals surface area contributed by atoms with Gasteiger partial charge >= 0.3 is 0 Å². The minimum absolute atomic E-state index is 0.0224. The first-order chi connectivity index (χ1) is 11.6. The number of hydrogen-bond acceptors (Lipinski definition) is 4. The number of ether oxygens (including phenoxy) is 1. The highest BCUT2D eigenvalue weighted by Crippen LogP contribution is 2.43. The van der Waals surface area contributed by atoms with Crippen LogP contribution in [-0.2, 0) is 22.4 Å². The summed E-state index contributed by atoms with van der Waals surface area (Å²) in [4.78, 5) is 25.9. The van der Waals surface area contributed by atoms with Gasteiger partial charge in [0.05, 0.1) is 0 Å². The molecule has 0 bridgehead atoms. The normalized spacial score (nSPS) is 22.8. The molecule has 1 aromatic carbocycles. The first kappa shape index (κ1) is 16.9. The summed E-state index contributed by atoms with van der Waals surface area (Å²) in [5, 5.41) is 8.81. The molecular weight excluding hydrogens is 308 g/mol. The molecule has 0 radical (unpaired) electrons. The van der Waals surface area contributed by atoms with Crippen LogP contribution in [0.15, 0.2) is 18.2 Å². The summed E-state index contributed by atoms with van der Waals surface area (Å²) < 4.78 is 5.07. The van der Waals surface area contributed by atoms with Crippen molar-refractivity contribution < 1.29 is 19.5 Å². The SMILES string of the molecule is COCCCN1CC2(CCc3ccc(C(=O)NO)cc3C2)CC1=O. The van der Waals surface area contributed by atoms with Crippen LogP contribution in [0.1, 0.15) is 40.7 Å². The van der Waals surface area contributed by atoms with Crippen molar-refractivity contribution in [1.29, 1.82) is 0 Å². The van der Waals surface area contributed by atoms with Gasteiger partial charge in [-0.05, 0) is 48.9 Å². The van der Waals surface area contributed by atoms with Gasteiger partial charge in [0.2, 0.25) is 5.91 Å². The molecule has 0 saturated carbocycles. The van der Waals surface area contributed by atoms with E-state index >= 15 is 0 Å². The molecule has 24 heavy (non-hydrogen) atoms. The number of hydroxylamine groups is 1. The summed E-state index contributed by atoms with van der Waals surface area (Å²) in [7, 11) is 1.67. The van der Waals surface area contributed by atoms with Gasteiger partial charge in [0.1, 0.15) is 0 Å². The first-order valence-electron chi connectivity index (χ1n) is 8.40. The largest absolute Gasteiger partial charge is 0.385 e. The average Bonchev–Trinajstić information content (AvgIpc) is 2.88. The van der Waals surface area contributed by atoms with E-state index in [1.54, 1.807) is 18.7 Å². The summed E-state index contributed by atoms with van der Waals surface area (Å²) in [5.74, 6) is -0.278. The van der Waals surface area contributed by atoms with E-state index in [0.29, 0.717) is 18.6 Å². The van der Waals surface area contributed by atoms with Gasteiger partial charge in [0, 0.05) is 44.2 Å². The molecule has 1 aliphatic heterocycles. The third-order valence-electron chi connectivity index (χ3n) is 5.24. The molecule has 3 rings (SSSR count). The standard InChI is InChI=1S/C18H24N2O4/c1-24-8-2-7-20-12-18(11-16(20)21)6-5-13-3-4-14(17(22)19-23)9-15(13)10-18/h3-4,9,23H,2,5-8,10-12H2,1H3,(H,19,22). The maximum atomic E-state index is 12.4. The number of aryl methyl sites for hydroxylation is 1. The Morgan fingerprint density at radius 2 is 2.21 bits per heavy atom. The lowest BCUT2D eigenvalue weighted by Gasteiger charge is -2.34. The van der Waals surface area contributed by atoms with Crippen molar-refractivity contribution in [2.45, 2.75) is 32.1 Å². The van der Waals surface area contributed by atoms with Crippen molar-refractivity contribution in [2.75, 3.05) is 26.8 Å². The number of carbonyl (C=O) groups excluding carboxylic acids is 2. The fourth-order valence-corrected chi connectivity index (χ4v) is 4.00.